The fourth-order valence-corrected chi connectivity index (χ4v) is 2.97. The van der Waals surface area contributed by atoms with E-state index in [1.165, 1.54) is 0 Å². The highest BCUT2D eigenvalue weighted by Crippen LogP contribution is 2.30. The van der Waals surface area contributed by atoms with Crippen LogP contribution in [0.1, 0.15) is 35.5 Å². The zero-order valence-corrected chi connectivity index (χ0v) is 16.8. The van der Waals surface area contributed by atoms with Crippen LogP contribution < -0.4 is 9.47 Å². The summed E-state index contributed by atoms with van der Waals surface area (Å²) in [6, 6.07) is 15.7. The lowest BCUT2D eigenvalue weighted by molar-refractivity contribution is 0.0716. The summed E-state index contributed by atoms with van der Waals surface area (Å²) in [6.45, 7) is 4.36. The molecule has 6 nitrogen and oxygen atoms in total. The summed E-state index contributed by atoms with van der Waals surface area (Å²) in [6.07, 6.45) is 1.56. The zero-order valence-electron chi connectivity index (χ0n) is 16.8. The number of methoxy groups -OCH3 is 1. The van der Waals surface area contributed by atoms with Crippen molar-refractivity contribution in [1.29, 1.82) is 0 Å². The largest absolute Gasteiger partial charge is 0.508 e. The summed E-state index contributed by atoms with van der Waals surface area (Å²) >= 11 is 0. The van der Waals surface area contributed by atoms with Crippen molar-refractivity contribution >= 4 is 5.91 Å². The van der Waals surface area contributed by atoms with Gasteiger partial charge in [0.1, 0.15) is 11.5 Å². The van der Waals surface area contributed by atoms with E-state index in [1.54, 1.807) is 60.7 Å². The second-order valence-corrected chi connectivity index (χ2v) is 6.90. The van der Waals surface area contributed by atoms with E-state index in [9.17, 15) is 9.90 Å². The van der Waals surface area contributed by atoms with Gasteiger partial charge in [-0.25, -0.2) is 0 Å². The van der Waals surface area contributed by atoms with E-state index in [0.29, 0.717) is 28.4 Å². The molecular weight excluding hydrogens is 370 g/mol. The summed E-state index contributed by atoms with van der Waals surface area (Å²) in [7, 11) is 1.54. The van der Waals surface area contributed by atoms with Crippen LogP contribution in [0.3, 0.4) is 0 Å². The molecule has 0 radical (unpaired) electrons. The van der Waals surface area contributed by atoms with Gasteiger partial charge in [-0.1, -0.05) is 18.2 Å². The van der Waals surface area contributed by atoms with Crippen molar-refractivity contribution in [1.82, 2.24) is 4.90 Å². The number of hydrogen-bond acceptors (Lipinski definition) is 5. The van der Waals surface area contributed by atoms with Crippen molar-refractivity contribution in [2.45, 2.75) is 33.0 Å². The molecule has 29 heavy (non-hydrogen) atoms. The minimum atomic E-state index is -0.209. The molecule has 3 aromatic rings. The Bertz CT molecular complexity index is 950. The van der Waals surface area contributed by atoms with Crippen molar-refractivity contribution in [2.75, 3.05) is 7.11 Å². The van der Waals surface area contributed by atoms with Crippen LogP contribution in [0, 0.1) is 0 Å². The molecule has 0 aliphatic heterocycles. The molecule has 1 N–H and O–H groups in total. The van der Waals surface area contributed by atoms with Crippen molar-refractivity contribution in [3.05, 3.63) is 77.7 Å². The van der Waals surface area contributed by atoms with Gasteiger partial charge < -0.3 is 23.9 Å². The van der Waals surface area contributed by atoms with Crippen LogP contribution in [0.4, 0.5) is 0 Å². The number of aromatic hydroxyl groups is 1. The number of ether oxygens (including phenoxy) is 2. The first-order chi connectivity index (χ1) is 14.0. The maximum atomic E-state index is 13.3. The van der Waals surface area contributed by atoms with Crippen molar-refractivity contribution in [2.24, 2.45) is 0 Å². The SMILES string of the molecule is COc1cc(C(=O)N(Cc2ccco2)Cc2ccccc2O)ccc1OC(C)C. The van der Waals surface area contributed by atoms with E-state index in [-0.39, 0.29) is 30.9 Å². The van der Waals surface area contributed by atoms with Crippen LogP contribution in [0.2, 0.25) is 0 Å². The van der Waals surface area contributed by atoms with Crippen molar-refractivity contribution < 1.29 is 23.8 Å². The summed E-state index contributed by atoms with van der Waals surface area (Å²) in [5.41, 5.74) is 1.11. The van der Waals surface area contributed by atoms with Crippen LogP contribution in [-0.2, 0) is 13.1 Å². The smallest absolute Gasteiger partial charge is 0.254 e. The summed E-state index contributed by atoms with van der Waals surface area (Å²) in [5, 5.41) is 10.1. The van der Waals surface area contributed by atoms with Crippen molar-refractivity contribution in [3.63, 3.8) is 0 Å². The number of furan rings is 1. The number of phenols is 1. The third-order valence-corrected chi connectivity index (χ3v) is 4.34. The minimum Gasteiger partial charge on any atom is -0.508 e. The number of amides is 1. The molecule has 3 rings (SSSR count). The number of hydrogen-bond donors (Lipinski definition) is 1. The quantitative estimate of drug-likeness (QED) is 0.602. The molecule has 1 aromatic heterocycles. The molecule has 0 aliphatic rings. The Morgan fingerprint density at radius 3 is 2.52 bits per heavy atom. The fourth-order valence-electron chi connectivity index (χ4n) is 2.97. The molecule has 1 heterocycles. The van der Waals surface area contributed by atoms with Crippen LogP contribution in [0.15, 0.2) is 65.3 Å². The number of benzene rings is 2. The summed E-state index contributed by atoms with van der Waals surface area (Å²) in [5.74, 6) is 1.66. The van der Waals surface area contributed by atoms with Gasteiger partial charge in [0.25, 0.3) is 5.91 Å². The molecule has 2 aromatic carbocycles. The second kappa shape index (κ2) is 9.19. The maximum absolute atomic E-state index is 13.3. The Hall–Kier alpha value is -3.41. The molecule has 0 bridgehead atoms. The molecule has 6 heteroatoms. The van der Waals surface area contributed by atoms with Crippen LogP contribution >= 0.6 is 0 Å². The second-order valence-electron chi connectivity index (χ2n) is 6.90. The fraction of sp³-hybridized carbons (Fsp3) is 0.261. The number of para-hydroxylation sites is 1. The lowest BCUT2D eigenvalue weighted by Crippen LogP contribution is -2.30. The van der Waals surface area contributed by atoms with Crippen LogP contribution in [0.5, 0.6) is 17.2 Å². The molecule has 0 atom stereocenters. The first-order valence-corrected chi connectivity index (χ1v) is 9.41. The van der Waals surface area contributed by atoms with Gasteiger partial charge in [0.05, 0.1) is 32.6 Å². The Morgan fingerprint density at radius 1 is 1.07 bits per heavy atom. The molecule has 0 saturated carbocycles. The highest BCUT2D eigenvalue weighted by Gasteiger charge is 2.21. The Morgan fingerprint density at radius 2 is 1.86 bits per heavy atom. The lowest BCUT2D eigenvalue weighted by Gasteiger charge is -2.23. The third-order valence-electron chi connectivity index (χ3n) is 4.34. The van der Waals surface area contributed by atoms with Gasteiger partial charge >= 0.3 is 0 Å². The highest BCUT2D eigenvalue weighted by molar-refractivity contribution is 5.95. The van der Waals surface area contributed by atoms with E-state index < -0.39 is 0 Å². The first kappa shape index (κ1) is 20.3. The Balaban J connectivity index is 1.90. The van der Waals surface area contributed by atoms with Gasteiger partial charge in [0.2, 0.25) is 0 Å². The van der Waals surface area contributed by atoms with Gasteiger partial charge in [0, 0.05) is 11.1 Å². The molecule has 0 spiro atoms. The van der Waals surface area contributed by atoms with Crippen LogP contribution in [-0.4, -0.2) is 29.1 Å². The van der Waals surface area contributed by atoms with Gasteiger partial charge in [-0.15, -0.1) is 0 Å². The maximum Gasteiger partial charge on any atom is 0.254 e. The summed E-state index contributed by atoms with van der Waals surface area (Å²) in [4.78, 5) is 14.9. The van der Waals surface area contributed by atoms with E-state index in [2.05, 4.69) is 0 Å². The number of carbonyl (C=O) groups is 1. The number of rotatable bonds is 8. The van der Waals surface area contributed by atoms with Crippen LogP contribution in [0.25, 0.3) is 0 Å². The standard InChI is InChI=1S/C23H25NO5/c1-16(2)29-21-11-10-17(13-22(21)27-3)23(26)24(15-19-8-6-12-28-19)14-18-7-4-5-9-20(18)25/h4-13,16,25H,14-15H2,1-3H3. The zero-order chi connectivity index (χ0) is 20.8. The molecule has 152 valence electrons. The van der Waals surface area contributed by atoms with E-state index >= 15 is 0 Å². The highest BCUT2D eigenvalue weighted by atomic mass is 16.5. The average molecular weight is 395 g/mol. The number of phenolic OH excluding ortho intramolecular Hbond substituents is 1. The minimum absolute atomic E-state index is 0.0121. The molecule has 1 amide bonds. The van der Waals surface area contributed by atoms with Gasteiger partial charge in [0.15, 0.2) is 11.5 Å². The third kappa shape index (κ3) is 5.10. The lowest BCUT2D eigenvalue weighted by atomic mass is 10.1. The molecule has 0 saturated heterocycles. The van der Waals surface area contributed by atoms with Crippen molar-refractivity contribution in [3.8, 4) is 17.2 Å². The van der Waals surface area contributed by atoms with E-state index in [1.807, 2.05) is 26.0 Å². The van der Waals surface area contributed by atoms with E-state index in [0.717, 1.165) is 0 Å². The Kier molecular flexibility index (Phi) is 6.44. The molecule has 0 fully saturated rings. The predicted molar refractivity (Wildman–Crippen MR) is 109 cm³/mol. The average Bonchev–Trinajstić information content (AvgIpc) is 3.21. The molecule has 0 aliphatic carbocycles. The molecular formula is C23H25NO5. The van der Waals surface area contributed by atoms with Gasteiger partial charge in [-0.3, -0.25) is 4.79 Å². The normalized spacial score (nSPS) is 10.8. The Labute approximate surface area is 170 Å². The predicted octanol–water partition coefficient (Wildman–Crippen LogP) is 4.62. The number of carbonyl (C=O) groups excluding carboxylic acids is 1. The van der Waals surface area contributed by atoms with Gasteiger partial charge in [-0.05, 0) is 50.2 Å². The van der Waals surface area contributed by atoms with E-state index in [4.69, 9.17) is 13.9 Å². The summed E-state index contributed by atoms with van der Waals surface area (Å²) < 4.78 is 16.6. The monoisotopic (exact) mass is 395 g/mol. The van der Waals surface area contributed by atoms with Gasteiger partial charge in [-0.2, -0.15) is 0 Å². The first-order valence-electron chi connectivity index (χ1n) is 9.41. The molecule has 0 unspecified atom stereocenters. The number of nitrogens with zero attached hydrogens (tertiary/aromatic N) is 1. The topological polar surface area (TPSA) is 72.1 Å².